The van der Waals surface area contributed by atoms with Gasteiger partial charge in [0, 0.05) is 20.0 Å². The Morgan fingerprint density at radius 1 is 1.23 bits per heavy atom. The molecule has 13 heavy (non-hydrogen) atoms. The molecule has 76 valence electrons. The molecule has 0 rings (SSSR count). The molecule has 0 saturated heterocycles. The second kappa shape index (κ2) is 6.42. The van der Waals surface area contributed by atoms with Crippen molar-refractivity contribution in [1.82, 2.24) is 15.5 Å². The van der Waals surface area contributed by atoms with Gasteiger partial charge >= 0.3 is 0 Å². The van der Waals surface area contributed by atoms with E-state index in [1.807, 2.05) is 19.0 Å². The standard InChI is InChI=1S/C8H17N3O2/c1-9-8(13)6-10-7(12)4-5-11(2)3/h4-6H2,1-3H3,(H,9,13)(H,10,12). The molecule has 5 nitrogen and oxygen atoms in total. The second-order valence-electron chi connectivity index (χ2n) is 3.00. The van der Waals surface area contributed by atoms with Gasteiger partial charge < -0.3 is 15.5 Å². The molecule has 0 aromatic carbocycles. The van der Waals surface area contributed by atoms with Gasteiger partial charge in [-0.25, -0.2) is 0 Å². The highest BCUT2D eigenvalue weighted by molar-refractivity contribution is 5.84. The van der Waals surface area contributed by atoms with Gasteiger partial charge in [-0.15, -0.1) is 0 Å². The van der Waals surface area contributed by atoms with Crippen LogP contribution in [0.4, 0.5) is 0 Å². The lowest BCUT2D eigenvalue weighted by molar-refractivity contribution is -0.126. The summed E-state index contributed by atoms with van der Waals surface area (Å²) in [4.78, 5) is 23.7. The molecule has 0 aliphatic heterocycles. The van der Waals surface area contributed by atoms with E-state index in [0.717, 1.165) is 0 Å². The lowest BCUT2D eigenvalue weighted by atomic mass is 10.4. The molecule has 0 spiro atoms. The van der Waals surface area contributed by atoms with Gasteiger partial charge in [0.1, 0.15) is 0 Å². The predicted molar refractivity (Wildman–Crippen MR) is 50.2 cm³/mol. The van der Waals surface area contributed by atoms with E-state index in [-0.39, 0.29) is 18.4 Å². The number of rotatable bonds is 5. The summed E-state index contributed by atoms with van der Waals surface area (Å²) in [5, 5.41) is 4.93. The Morgan fingerprint density at radius 2 is 1.85 bits per heavy atom. The summed E-state index contributed by atoms with van der Waals surface area (Å²) in [6.07, 6.45) is 0.421. The lowest BCUT2D eigenvalue weighted by Crippen LogP contribution is -2.36. The van der Waals surface area contributed by atoms with Crippen molar-refractivity contribution in [3.05, 3.63) is 0 Å². The average Bonchev–Trinajstić information content (AvgIpc) is 2.10. The third kappa shape index (κ3) is 7.27. The maximum absolute atomic E-state index is 11.1. The van der Waals surface area contributed by atoms with E-state index in [2.05, 4.69) is 10.6 Å². The number of hydrogen-bond donors (Lipinski definition) is 2. The third-order valence-electron chi connectivity index (χ3n) is 1.51. The summed E-state index contributed by atoms with van der Waals surface area (Å²) in [5.41, 5.74) is 0. The maximum Gasteiger partial charge on any atom is 0.239 e. The van der Waals surface area contributed by atoms with E-state index in [1.54, 1.807) is 0 Å². The molecule has 0 radical (unpaired) electrons. The first-order valence-electron chi connectivity index (χ1n) is 4.18. The minimum Gasteiger partial charge on any atom is -0.358 e. The zero-order chi connectivity index (χ0) is 10.3. The average molecular weight is 187 g/mol. The van der Waals surface area contributed by atoms with Crippen LogP contribution in [0.25, 0.3) is 0 Å². The molecule has 0 heterocycles. The summed E-state index contributed by atoms with van der Waals surface area (Å²) in [6, 6.07) is 0. The van der Waals surface area contributed by atoms with Gasteiger partial charge in [-0.1, -0.05) is 0 Å². The van der Waals surface area contributed by atoms with E-state index in [1.165, 1.54) is 7.05 Å². The van der Waals surface area contributed by atoms with Gasteiger partial charge in [-0.05, 0) is 14.1 Å². The van der Waals surface area contributed by atoms with Gasteiger partial charge in [0.25, 0.3) is 0 Å². The highest BCUT2D eigenvalue weighted by Crippen LogP contribution is 1.82. The topological polar surface area (TPSA) is 61.4 Å². The summed E-state index contributed by atoms with van der Waals surface area (Å²) < 4.78 is 0. The predicted octanol–water partition coefficient (Wildman–Crippen LogP) is -1.20. The van der Waals surface area contributed by atoms with Crippen molar-refractivity contribution < 1.29 is 9.59 Å². The molecule has 0 fully saturated rings. The van der Waals surface area contributed by atoms with E-state index in [0.29, 0.717) is 13.0 Å². The van der Waals surface area contributed by atoms with Crippen molar-refractivity contribution in [1.29, 1.82) is 0 Å². The quantitative estimate of drug-likeness (QED) is 0.568. The molecule has 2 N–H and O–H groups in total. The molecule has 5 heteroatoms. The smallest absolute Gasteiger partial charge is 0.239 e. The Morgan fingerprint density at radius 3 is 2.31 bits per heavy atom. The number of carbonyl (C=O) groups is 2. The minimum absolute atomic E-state index is 0.0583. The zero-order valence-electron chi connectivity index (χ0n) is 8.39. The van der Waals surface area contributed by atoms with E-state index in [9.17, 15) is 9.59 Å². The van der Waals surface area contributed by atoms with Crippen LogP contribution in [0.1, 0.15) is 6.42 Å². The normalized spacial score (nSPS) is 9.85. The Bertz CT molecular complexity index is 180. The Hall–Kier alpha value is -1.10. The van der Waals surface area contributed by atoms with Crippen molar-refractivity contribution in [2.45, 2.75) is 6.42 Å². The molecule has 0 saturated carbocycles. The van der Waals surface area contributed by atoms with Gasteiger partial charge in [0.15, 0.2) is 0 Å². The van der Waals surface area contributed by atoms with E-state index < -0.39 is 0 Å². The molecule has 0 aliphatic carbocycles. The van der Waals surface area contributed by atoms with E-state index >= 15 is 0 Å². The van der Waals surface area contributed by atoms with Gasteiger partial charge in [0.05, 0.1) is 6.54 Å². The fourth-order valence-electron chi connectivity index (χ4n) is 0.681. The fraction of sp³-hybridized carbons (Fsp3) is 0.750. The van der Waals surface area contributed by atoms with Crippen molar-refractivity contribution >= 4 is 11.8 Å². The van der Waals surface area contributed by atoms with Crippen LogP contribution in [0.5, 0.6) is 0 Å². The van der Waals surface area contributed by atoms with Crippen LogP contribution in [0, 0.1) is 0 Å². The lowest BCUT2D eigenvalue weighted by Gasteiger charge is -2.08. The summed E-state index contributed by atoms with van der Waals surface area (Å²) in [5.74, 6) is -0.282. The maximum atomic E-state index is 11.1. The van der Waals surface area contributed by atoms with Crippen molar-refractivity contribution in [3.8, 4) is 0 Å². The summed E-state index contributed by atoms with van der Waals surface area (Å²) in [6.45, 7) is 0.752. The van der Waals surface area contributed by atoms with Gasteiger partial charge in [-0.3, -0.25) is 9.59 Å². The number of amides is 2. The zero-order valence-corrected chi connectivity index (χ0v) is 8.39. The van der Waals surface area contributed by atoms with Crippen LogP contribution in [-0.4, -0.2) is 50.9 Å². The van der Waals surface area contributed by atoms with Crippen LogP contribution in [0.2, 0.25) is 0 Å². The first-order valence-corrected chi connectivity index (χ1v) is 4.18. The Balaban J connectivity index is 3.46. The van der Waals surface area contributed by atoms with Crippen molar-refractivity contribution in [3.63, 3.8) is 0 Å². The largest absolute Gasteiger partial charge is 0.358 e. The van der Waals surface area contributed by atoms with Crippen molar-refractivity contribution in [2.75, 3.05) is 34.2 Å². The molecule has 0 bridgehead atoms. The summed E-state index contributed by atoms with van der Waals surface area (Å²) in [7, 11) is 5.33. The highest BCUT2D eigenvalue weighted by atomic mass is 16.2. The number of likely N-dealkylation sites (N-methyl/N-ethyl adjacent to an activating group) is 1. The molecule has 0 aromatic rings. The summed E-state index contributed by atoms with van der Waals surface area (Å²) >= 11 is 0. The molecule has 0 atom stereocenters. The number of hydrogen-bond acceptors (Lipinski definition) is 3. The molecular formula is C8H17N3O2. The Labute approximate surface area is 78.5 Å². The number of nitrogens with zero attached hydrogens (tertiary/aromatic N) is 1. The monoisotopic (exact) mass is 187 g/mol. The Kier molecular flexibility index (Phi) is 5.88. The second-order valence-corrected chi connectivity index (χ2v) is 3.00. The molecule has 2 amide bonds. The fourth-order valence-corrected chi connectivity index (χ4v) is 0.681. The SMILES string of the molecule is CNC(=O)CNC(=O)CCN(C)C. The van der Waals surface area contributed by atoms with Crippen LogP contribution < -0.4 is 10.6 Å². The first-order chi connectivity index (χ1) is 6.06. The molecule has 0 aromatic heterocycles. The highest BCUT2D eigenvalue weighted by Gasteiger charge is 2.03. The van der Waals surface area contributed by atoms with Gasteiger partial charge in [-0.2, -0.15) is 0 Å². The molecule has 0 unspecified atom stereocenters. The minimum atomic E-state index is -0.182. The first kappa shape index (κ1) is 11.9. The molecule has 0 aliphatic rings. The van der Waals surface area contributed by atoms with Crippen molar-refractivity contribution in [2.24, 2.45) is 0 Å². The molecular weight excluding hydrogens is 170 g/mol. The van der Waals surface area contributed by atoms with Crippen LogP contribution >= 0.6 is 0 Å². The van der Waals surface area contributed by atoms with E-state index in [4.69, 9.17) is 0 Å². The van der Waals surface area contributed by atoms with Crippen LogP contribution in [0.15, 0.2) is 0 Å². The van der Waals surface area contributed by atoms with Crippen LogP contribution in [0.3, 0.4) is 0 Å². The number of nitrogens with one attached hydrogen (secondary N) is 2. The third-order valence-corrected chi connectivity index (χ3v) is 1.51. The number of carbonyl (C=O) groups excluding carboxylic acids is 2. The van der Waals surface area contributed by atoms with Gasteiger partial charge in [0.2, 0.25) is 11.8 Å². The van der Waals surface area contributed by atoms with Crippen LogP contribution in [-0.2, 0) is 9.59 Å².